The second kappa shape index (κ2) is 5.56. The summed E-state index contributed by atoms with van der Waals surface area (Å²) >= 11 is 3.33. The Hall–Kier alpha value is -1.29. The maximum atomic E-state index is 10.6. The molecular weight excluding hydrogens is 258 g/mol. The van der Waals surface area contributed by atoms with Crippen molar-refractivity contribution in [1.29, 1.82) is 0 Å². The van der Waals surface area contributed by atoms with E-state index in [-0.39, 0.29) is 11.7 Å². The van der Waals surface area contributed by atoms with Gasteiger partial charge in [0.15, 0.2) is 0 Å². The fourth-order valence-electron chi connectivity index (χ4n) is 1.07. The number of phenols is 1. The molecule has 0 aliphatic heterocycles. The fourth-order valence-corrected chi connectivity index (χ4v) is 1.56. The molecule has 3 nitrogen and oxygen atoms in total. The Bertz CT molecular complexity index is 368. The number of rotatable bonds is 3. The fraction of sp³-hybridized carbons (Fsp3) is 0.182. The minimum absolute atomic E-state index is 0.0731. The molecule has 0 aliphatic carbocycles. The van der Waals surface area contributed by atoms with E-state index in [0.29, 0.717) is 12.1 Å². The Labute approximate surface area is 96.9 Å². The molecule has 80 valence electrons. The predicted octanol–water partition coefficient (Wildman–Crippen LogP) is 2.30. The van der Waals surface area contributed by atoms with Crippen LogP contribution in [0.25, 0.3) is 6.08 Å². The molecule has 0 saturated carbocycles. The van der Waals surface area contributed by atoms with Crippen LogP contribution in [0.5, 0.6) is 5.75 Å². The smallest absolute Gasteiger partial charge is 0.217 e. The minimum Gasteiger partial charge on any atom is -0.507 e. The van der Waals surface area contributed by atoms with Crippen LogP contribution in [0.15, 0.2) is 28.7 Å². The molecule has 1 amide bonds. The van der Waals surface area contributed by atoms with E-state index in [4.69, 9.17) is 0 Å². The van der Waals surface area contributed by atoms with Crippen LogP contribution in [0.2, 0.25) is 0 Å². The van der Waals surface area contributed by atoms with Crippen LogP contribution in [-0.4, -0.2) is 17.6 Å². The van der Waals surface area contributed by atoms with Gasteiger partial charge in [-0.2, -0.15) is 0 Å². The molecule has 0 saturated heterocycles. The lowest BCUT2D eigenvalue weighted by atomic mass is 10.2. The average Bonchev–Trinajstić information content (AvgIpc) is 2.15. The van der Waals surface area contributed by atoms with E-state index >= 15 is 0 Å². The lowest BCUT2D eigenvalue weighted by molar-refractivity contribution is -0.118. The molecule has 1 rings (SSSR count). The number of carbonyl (C=O) groups excluding carboxylic acids is 1. The maximum Gasteiger partial charge on any atom is 0.217 e. The van der Waals surface area contributed by atoms with Gasteiger partial charge in [-0.15, -0.1) is 0 Å². The van der Waals surface area contributed by atoms with Crippen LogP contribution in [0, 0.1) is 0 Å². The number of nitrogens with one attached hydrogen (secondary N) is 1. The van der Waals surface area contributed by atoms with Crippen molar-refractivity contribution in [3.63, 3.8) is 0 Å². The Balaban J connectivity index is 2.67. The van der Waals surface area contributed by atoms with Crippen LogP contribution in [0.1, 0.15) is 12.5 Å². The predicted molar refractivity (Wildman–Crippen MR) is 63.5 cm³/mol. The van der Waals surface area contributed by atoms with Gasteiger partial charge in [0.2, 0.25) is 5.91 Å². The first-order valence-corrected chi connectivity index (χ1v) is 5.29. The number of hydrogen-bond donors (Lipinski definition) is 2. The van der Waals surface area contributed by atoms with Crippen LogP contribution in [0.3, 0.4) is 0 Å². The van der Waals surface area contributed by atoms with E-state index in [0.717, 1.165) is 4.47 Å². The Morgan fingerprint density at radius 3 is 2.93 bits per heavy atom. The average molecular weight is 270 g/mol. The molecule has 0 heterocycles. The number of phenolic OH excluding ortho intramolecular Hbond substituents is 1. The van der Waals surface area contributed by atoms with E-state index in [9.17, 15) is 9.90 Å². The van der Waals surface area contributed by atoms with Gasteiger partial charge in [-0.3, -0.25) is 4.79 Å². The summed E-state index contributed by atoms with van der Waals surface area (Å²) in [7, 11) is 0. The molecule has 0 aromatic heterocycles. The van der Waals surface area contributed by atoms with Crippen molar-refractivity contribution < 1.29 is 9.90 Å². The summed E-state index contributed by atoms with van der Waals surface area (Å²) in [6.45, 7) is 1.92. The van der Waals surface area contributed by atoms with Crippen molar-refractivity contribution in [2.24, 2.45) is 0 Å². The molecule has 0 radical (unpaired) electrons. The molecule has 0 fully saturated rings. The van der Waals surface area contributed by atoms with Crippen molar-refractivity contribution in [2.45, 2.75) is 6.92 Å². The van der Waals surface area contributed by atoms with E-state index in [1.807, 2.05) is 6.07 Å². The normalized spacial score (nSPS) is 10.5. The summed E-state index contributed by atoms with van der Waals surface area (Å²) in [5.74, 6) is 0.138. The highest BCUT2D eigenvalue weighted by atomic mass is 79.9. The molecular formula is C11H12BrNO2. The molecule has 0 unspecified atom stereocenters. The number of carbonyl (C=O) groups is 1. The molecule has 1 aromatic carbocycles. The zero-order valence-corrected chi connectivity index (χ0v) is 9.91. The van der Waals surface area contributed by atoms with Crippen molar-refractivity contribution in [3.05, 3.63) is 34.3 Å². The Morgan fingerprint density at radius 1 is 1.60 bits per heavy atom. The van der Waals surface area contributed by atoms with Gasteiger partial charge in [0.1, 0.15) is 5.75 Å². The summed E-state index contributed by atoms with van der Waals surface area (Å²) < 4.78 is 0.821. The minimum atomic E-state index is -0.0731. The van der Waals surface area contributed by atoms with Crippen molar-refractivity contribution >= 4 is 27.9 Å². The highest BCUT2D eigenvalue weighted by Crippen LogP contribution is 2.26. The quantitative estimate of drug-likeness (QED) is 0.885. The van der Waals surface area contributed by atoms with Crippen molar-refractivity contribution in [1.82, 2.24) is 5.32 Å². The monoisotopic (exact) mass is 269 g/mol. The lowest BCUT2D eigenvalue weighted by Gasteiger charge is -2.01. The van der Waals surface area contributed by atoms with Gasteiger partial charge in [0, 0.05) is 23.5 Å². The van der Waals surface area contributed by atoms with Crippen LogP contribution >= 0.6 is 15.9 Å². The van der Waals surface area contributed by atoms with Gasteiger partial charge in [-0.05, 0) is 12.1 Å². The number of halogens is 1. The highest BCUT2D eigenvalue weighted by molar-refractivity contribution is 9.10. The first-order chi connectivity index (χ1) is 7.11. The first-order valence-electron chi connectivity index (χ1n) is 4.49. The summed E-state index contributed by atoms with van der Waals surface area (Å²) in [5, 5.41) is 12.2. The molecule has 15 heavy (non-hydrogen) atoms. The molecule has 0 aliphatic rings. The van der Waals surface area contributed by atoms with Gasteiger partial charge >= 0.3 is 0 Å². The maximum absolute atomic E-state index is 10.6. The van der Waals surface area contributed by atoms with Gasteiger partial charge in [0.25, 0.3) is 0 Å². The summed E-state index contributed by atoms with van der Waals surface area (Å²) in [6, 6.07) is 5.21. The zero-order chi connectivity index (χ0) is 11.3. The van der Waals surface area contributed by atoms with Gasteiger partial charge in [-0.25, -0.2) is 0 Å². The lowest BCUT2D eigenvalue weighted by Crippen LogP contribution is -2.19. The molecule has 0 bridgehead atoms. The Morgan fingerprint density at radius 2 is 2.33 bits per heavy atom. The zero-order valence-electron chi connectivity index (χ0n) is 8.33. The third kappa shape index (κ3) is 3.75. The molecule has 4 heteroatoms. The molecule has 0 spiro atoms. The summed E-state index contributed by atoms with van der Waals surface area (Å²) in [6.07, 6.45) is 3.54. The third-order valence-corrected chi connectivity index (χ3v) is 2.47. The molecule has 1 aromatic rings. The van der Waals surface area contributed by atoms with Crippen molar-refractivity contribution in [2.75, 3.05) is 6.54 Å². The standard InChI is InChI=1S/C11H12BrNO2/c1-8(14)13-7-3-4-9-10(12)5-2-6-11(9)15/h2-6,15H,7H2,1H3,(H,13,14). The third-order valence-electron chi connectivity index (χ3n) is 1.78. The van der Waals surface area contributed by atoms with E-state index < -0.39 is 0 Å². The topological polar surface area (TPSA) is 49.3 Å². The SMILES string of the molecule is CC(=O)NCC=Cc1c(O)cccc1Br. The van der Waals surface area contributed by atoms with E-state index in [1.165, 1.54) is 6.92 Å². The van der Waals surface area contributed by atoms with Crippen LogP contribution in [0.4, 0.5) is 0 Å². The number of aromatic hydroxyl groups is 1. The molecule has 2 N–H and O–H groups in total. The first kappa shape index (κ1) is 11.8. The van der Waals surface area contributed by atoms with Gasteiger partial charge < -0.3 is 10.4 Å². The highest BCUT2D eigenvalue weighted by Gasteiger charge is 2.00. The van der Waals surface area contributed by atoms with E-state index in [2.05, 4.69) is 21.2 Å². The Kier molecular flexibility index (Phi) is 4.37. The number of amides is 1. The van der Waals surface area contributed by atoms with Crippen molar-refractivity contribution in [3.8, 4) is 5.75 Å². The second-order valence-corrected chi connectivity index (χ2v) is 3.87. The van der Waals surface area contributed by atoms with Gasteiger partial charge in [-0.1, -0.05) is 34.1 Å². The second-order valence-electron chi connectivity index (χ2n) is 3.01. The number of hydrogen-bond acceptors (Lipinski definition) is 2. The van der Waals surface area contributed by atoms with Crippen LogP contribution in [-0.2, 0) is 4.79 Å². The largest absolute Gasteiger partial charge is 0.507 e. The van der Waals surface area contributed by atoms with Gasteiger partial charge in [0.05, 0.1) is 0 Å². The number of benzene rings is 1. The summed E-state index contributed by atoms with van der Waals surface area (Å²) in [5.41, 5.74) is 0.711. The molecule has 0 atom stereocenters. The van der Waals surface area contributed by atoms with E-state index in [1.54, 1.807) is 24.3 Å². The summed E-state index contributed by atoms with van der Waals surface area (Å²) in [4.78, 5) is 10.6. The van der Waals surface area contributed by atoms with Crippen LogP contribution < -0.4 is 5.32 Å².